The van der Waals surface area contributed by atoms with E-state index in [-0.39, 0.29) is 31.3 Å². The zero-order valence-corrected chi connectivity index (χ0v) is 34.1. The molecule has 14 nitrogen and oxygen atoms in total. The molecule has 0 saturated carbocycles. The maximum absolute atomic E-state index is 14.1. The summed E-state index contributed by atoms with van der Waals surface area (Å²) < 4.78 is 0. The minimum Gasteiger partial charge on any atom is -0.372 e. The largest absolute Gasteiger partial charge is 0.372 e. The van der Waals surface area contributed by atoms with E-state index in [1.165, 1.54) is 0 Å². The molecule has 0 radical (unpaired) electrons. The normalized spacial score (nSPS) is 15.4. The van der Waals surface area contributed by atoms with Gasteiger partial charge in [-0.1, -0.05) is 88.4 Å². The van der Waals surface area contributed by atoms with Gasteiger partial charge in [0.15, 0.2) is 0 Å². The molecular weight excluding hydrogens is 716 g/mol. The zero-order chi connectivity index (χ0) is 41.8. The van der Waals surface area contributed by atoms with Crippen molar-refractivity contribution < 1.29 is 38.4 Å². The van der Waals surface area contributed by atoms with Crippen molar-refractivity contribution in [2.75, 3.05) is 6.67 Å². The highest BCUT2D eigenvalue weighted by molar-refractivity contribution is 6.74. The molecule has 56 heavy (non-hydrogen) atoms. The predicted molar refractivity (Wildman–Crippen MR) is 213 cm³/mol. The quantitative estimate of drug-likeness (QED) is 0.0980. The molecule has 1 heterocycles. The first-order valence-corrected chi connectivity index (χ1v) is 18.9. The maximum Gasteiger partial charge on any atom is 0.249 e. The molecule has 0 saturated heterocycles. The Morgan fingerprint density at radius 2 is 1.04 bits per heavy atom. The summed E-state index contributed by atoms with van der Waals surface area (Å²) in [6, 6.07) is 13.2. The van der Waals surface area contributed by atoms with Gasteiger partial charge in [-0.3, -0.25) is 43.4 Å². The number of Topliss-reactive ketones (excluding diaryl/α,β-unsaturated/α-hetero) is 4. The molecule has 2 aromatic carbocycles. The number of carbonyl (C=O) groups is 6. The lowest BCUT2D eigenvalue weighted by Gasteiger charge is -2.28. The van der Waals surface area contributed by atoms with E-state index in [9.17, 15) is 28.8 Å². The molecular formula is C42H58N6O8. The van der Waals surface area contributed by atoms with Crippen molar-refractivity contribution >= 4 is 40.7 Å². The highest BCUT2D eigenvalue weighted by Crippen LogP contribution is 2.16. The number of nitrogens with one attached hydrogen (secondary N) is 5. The summed E-state index contributed by atoms with van der Waals surface area (Å²) in [4.78, 5) is 99.2. The lowest BCUT2D eigenvalue weighted by atomic mass is 9.90. The molecule has 1 aliphatic heterocycles. The SMILES string of the molecule is CC(C)[C@H](NOC(C)(C)C)C(=O)N[C@@H](Cc1ccccc1)C(=O)C(=O)C1=CNCN=C1C(=O)C(=O)[C@H](Cc1ccccc1)NC(=O)[C@@H](NOC(C)(C)C)C(C)C. The third-order valence-electron chi connectivity index (χ3n) is 8.45. The minimum atomic E-state index is -1.36. The minimum absolute atomic E-state index is 0.0443. The van der Waals surface area contributed by atoms with Crippen LogP contribution in [-0.2, 0) is 51.3 Å². The standard InChI is InChI=1S/C42H58N6O8/c1-25(2)32(47-55-41(5,6)7)39(53)45-30(21-27-17-13-11-14-18-27)36(50)35(49)29-23-43-24-44-34(29)38(52)37(51)31(22-28-19-15-12-16-20-28)46-40(54)33(26(3)4)48-56-42(8,9)10/h11-20,23,25-26,30-33,43,47-48H,21-22,24H2,1-10H3,(H,45,53)(H,46,54)/t30-,31-,32-,33-/m0/s1. The van der Waals surface area contributed by atoms with Gasteiger partial charge >= 0.3 is 0 Å². The van der Waals surface area contributed by atoms with Crippen LogP contribution in [0.5, 0.6) is 0 Å². The molecule has 3 rings (SSSR count). The van der Waals surface area contributed by atoms with Gasteiger partial charge in [-0.05, 0) is 64.5 Å². The third kappa shape index (κ3) is 14.0. The van der Waals surface area contributed by atoms with Gasteiger partial charge in [0, 0.05) is 19.0 Å². The maximum atomic E-state index is 14.1. The van der Waals surface area contributed by atoms with E-state index in [1.807, 2.05) is 41.5 Å². The summed E-state index contributed by atoms with van der Waals surface area (Å²) in [5.41, 5.74) is 4.69. The van der Waals surface area contributed by atoms with Gasteiger partial charge < -0.3 is 16.0 Å². The van der Waals surface area contributed by atoms with Gasteiger partial charge in [-0.2, -0.15) is 11.0 Å². The van der Waals surface area contributed by atoms with Gasteiger partial charge in [0.1, 0.15) is 24.5 Å². The molecule has 304 valence electrons. The van der Waals surface area contributed by atoms with Crippen LogP contribution in [0.2, 0.25) is 0 Å². The van der Waals surface area contributed by atoms with Crippen LogP contribution in [0.4, 0.5) is 0 Å². The summed E-state index contributed by atoms with van der Waals surface area (Å²) in [5, 5.41) is 8.19. The molecule has 4 atom stereocenters. The summed E-state index contributed by atoms with van der Waals surface area (Å²) in [6.07, 6.45) is 1.07. The van der Waals surface area contributed by atoms with Crippen molar-refractivity contribution in [1.29, 1.82) is 0 Å². The Morgan fingerprint density at radius 1 is 0.643 bits per heavy atom. The first-order chi connectivity index (χ1) is 26.2. The first kappa shape index (κ1) is 45.5. The summed E-state index contributed by atoms with van der Waals surface area (Å²) >= 11 is 0. The number of hydrogen-bond acceptors (Lipinski definition) is 12. The zero-order valence-electron chi connectivity index (χ0n) is 34.1. The molecule has 0 aliphatic carbocycles. The van der Waals surface area contributed by atoms with Crippen molar-refractivity contribution in [3.8, 4) is 0 Å². The number of ketones is 4. The van der Waals surface area contributed by atoms with Gasteiger partial charge in [0.2, 0.25) is 34.9 Å². The molecule has 0 unspecified atom stereocenters. The molecule has 0 spiro atoms. The Morgan fingerprint density at radius 3 is 1.41 bits per heavy atom. The van der Waals surface area contributed by atoms with E-state index >= 15 is 0 Å². The van der Waals surface area contributed by atoms with E-state index in [1.54, 1.807) is 88.4 Å². The predicted octanol–water partition coefficient (Wildman–Crippen LogP) is 3.29. The van der Waals surface area contributed by atoms with Crippen molar-refractivity contribution in [3.63, 3.8) is 0 Å². The highest BCUT2D eigenvalue weighted by Gasteiger charge is 2.39. The van der Waals surface area contributed by atoms with Crippen molar-refractivity contribution in [2.45, 2.75) is 117 Å². The van der Waals surface area contributed by atoms with Crippen LogP contribution >= 0.6 is 0 Å². The molecule has 2 aromatic rings. The van der Waals surface area contributed by atoms with Crippen LogP contribution in [0, 0.1) is 11.8 Å². The van der Waals surface area contributed by atoms with E-state index in [2.05, 4.69) is 31.9 Å². The number of hydroxylamine groups is 2. The van der Waals surface area contributed by atoms with E-state index in [0.717, 1.165) is 6.20 Å². The van der Waals surface area contributed by atoms with Crippen molar-refractivity contribution in [2.24, 2.45) is 16.8 Å². The van der Waals surface area contributed by atoms with Crippen LogP contribution in [0.1, 0.15) is 80.4 Å². The Balaban J connectivity index is 1.93. The fourth-order valence-corrected chi connectivity index (χ4v) is 5.47. The summed E-state index contributed by atoms with van der Waals surface area (Å²) in [7, 11) is 0. The van der Waals surface area contributed by atoms with Gasteiger partial charge in [0.05, 0.1) is 28.9 Å². The molecule has 14 heteroatoms. The number of aliphatic imine (C=N–C) groups is 1. The number of amides is 2. The highest BCUT2D eigenvalue weighted by atomic mass is 16.7. The second kappa shape index (κ2) is 20.3. The third-order valence-corrected chi connectivity index (χ3v) is 8.45. The van der Waals surface area contributed by atoms with Crippen LogP contribution in [0.15, 0.2) is 77.4 Å². The molecule has 0 aromatic heterocycles. The lowest BCUT2D eigenvalue weighted by Crippen LogP contribution is -2.56. The Hall–Kier alpha value is -4.89. The van der Waals surface area contributed by atoms with Gasteiger partial charge in [0.25, 0.3) is 0 Å². The van der Waals surface area contributed by atoms with Crippen LogP contribution in [0.25, 0.3) is 0 Å². The molecule has 2 amide bonds. The Kier molecular flexibility index (Phi) is 16.5. The molecule has 0 bridgehead atoms. The Bertz CT molecular complexity index is 1630. The smallest absolute Gasteiger partial charge is 0.249 e. The van der Waals surface area contributed by atoms with Crippen molar-refractivity contribution in [1.82, 2.24) is 26.9 Å². The molecule has 1 aliphatic rings. The second-order valence-electron chi connectivity index (χ2n) is 16.4. The van der Waals surface area contributed by atoms with E-state index in [0.29, 0.717) is 11.1 Å². The van der Waals surface area contributed by atoms with Crippen LogP contribution in [0.3, 0.4) is 0 Å². The number of benzene rings is 2. The number of rotatable bonds is 20. The lowest BCUT2D eigenvalue weighted by molar-refractivity contribution is -0.142. The fourth-order valence-electron chi connectivity index (χ4n) is 5.47. The average Bonchev–Trinajstić information content (AvgIpc) is 3.12. The first-order valence-electron chi connectivity index (χ1n) is 18.9. The van der Waals surface area contributed by atoms with E-state index in [4.69, 9.17) is 9.68 Å². The van der Waals surface area contributed by atoms with Crippen LogP contribution in [-0.4, -0.2) is 82.7 Å². The number of carbonyl (C=O) groups excluding carboxylic acids is 6. The summed E-state index contributed by atoms with van der Waals surface area (Å²) in [6.45, 7) is 17.9. The Labute approximate surface area is 329 Å². The monoisotopic (exact) mass is 774 g/mol. The van der Waals surface area contributed by atoms with Crippen LogP contribution < -0.4 is 26.9 Å². The summed E-state index contributed by atoms with van der Waals surface area (Å²) in [5.74, 6) is -6.05. The van der Waals surface area contributed by atoms with E-state index < -0.39 is 81.6 Å². The van der Waals surface area contributed by atoms with Crippen molar-refractivity contribution in [3.05, 3.63) is 83.6 Å². The number of allylic oxidation sites excluding steroid dienone is 1. The van der Waals surface area contributed by atoms with Gasteiger partial charge in [-0.15, -0.1) is 0 Å². The van der Waals surface area contributed by atoms with Gasteiger partial charge in [-0.25, -0.2) is 0 Å². The number of nitrogens with zero attached hydrogens (tertiary/aromatic N) is 1. The fraction of sp³-hybridized carbons (Fsp3) is 0.500. The second-order valence-corrected chi connectivity index (χ2v) is 16.4. The average molecular weight is 775 g/mol. The molecule has 0 fully saturated rings. The molecule has 5 N–H and O–H groups in total. The number of hydrogen-bond donors (Lipinski definition) is 5. The topological polar surface area (TPSA) is 193 Å².